The van der Waals surface area contributed by atoms with E-state index in [0.717, 1.165) is 23.4 Å². The van der Waals surface area contributed by atoms with Crippen molar-refractivity contribution in [3.63, 3.8) is 0 Å². The lowest BCUT2D eigenvalue weighted by molar-refractivity contribution is 0.0693. The van der Waals surface area contributed by atoms with Crippen LogP contribution in [0.2, 0.25) is 0 Å². The smallest absolute Gasteiger partial charge is 0.272 e. The standard InChI is InChI=1S/C21H25N5O2S/c1-13(2)15-10-17(25(3)24-15)21(28)26-8-4-6-14(12-26)20-22-16(11-19(27)23-20)18-7-5-9-29-18/h5,7,9-11,13-14H,4,6,8,12H2,1-3H3,(H,22,23,27)/t14-/m1/s1. The highest BCUT2D eigenvalue weighted by Gasteiger charge is 2.29. The van der Waals surface area contributed by atoms with Crippen LogP contribution in [0.4, 0.5) is 0 Å². The molecule has 1 amide bonds. The number of amides is 1. The molecule has 0 aromatic carbocycles. The van der Waals surface area contributed by atoms with E-state index in [2.05, 4.69) is 23.9 Å². The molecule has 0 unspecified atom stereocenters. The molecule has 4 heterocycles. The summed E-state index contributed by atoms with van der Waals surface area (Å²) in [6.45, 7) is 5.37. The van der Waals surface area contributed by atoms with Gasteiger partial charge in [0, 0.05) is 32.1 Å². The molecule has 0 radical (unpaired) electrons. The van der Waals surface area contributed by atoms with Crippen LogP contribution in [0.1, 0.15) is 60.5 Å². The van der Waals surface area contributed by atoms with Crippen LogP contribution in [0.15, 0.2) is 34.4 Å². The van der Waals surface area contributed by atoms with Gasteiger partial charge in [-0.05, 0) is 36.3 Å². The van der Waals surface area contributed by atoms with Crippen LogP contribution in [-0.4, -0.2) is 43.6 Å². The lowest BCUT2D eigenvalue weighted by Gasteiger charge is -2.32. The van der Waals surface area contributed by atoms with Crippen molar-refractivity contribution >= 4 is 17.2 Å². The van der Waals surface area contributed by atoms with E-state index in [0.29, 0.717) is 30.3 Å². The number of hydrogen-bond acceptors (Lipinski definition) is 5. The van der Waals surface area contributed by atoms with Crippen molar-refractivity contribution in [3.8, 4) is 10.6 Å². The third-order valence-electron chi connectivity index (χ3n) is 5.34. The topological polar surface area (TPSA) is 83.9 Å². The van der Waals surface area contributed by atoms with Crippen molar-refractivity contribution in [2.24, 2.45) is 7.05 Å². The van der Waals surface area contributed by atoms with Crippen molar-refractivity contribution in [1.29, 1.82) is 0 Å². The van der Waals surface area contributed by atoms with E-state index < -0.39 is 0 Å². The summed E-state index contributed by atoms with van der Waals surface area (Å²) >= 11 is 1.56. The molecular weight excluding hydrogens is 386 g/mol. The summed E-state index contributed by atoms with van der Waals surface area (Å²) < 4.78 is 1.67. The van der Waals surface area contributed by atoms with Gasteiger partial charge in [-0.1, -0.05) is 19.9 Å². The molecule has 1 aliphatic rings. The maximum absolute atomic E-state index is 13.1. The Kier molecular flexibility index (Phi) is 5.36. The molecule has 3 aromatic rings. The second kappa shape index (κ2) is 7.94. The number of likely N-dealkylation sites (tertiary alicyclic amines) is 1. The third kappa shape index (κ3) is 4.03. The number of nitrogens with one attached hydrogen (secondary N) is 1. The zero-order valence-electron chi connectivity index (χ0n) is 16.9. The number of carbonyl (C=O) groups excluding carboxylic acids is 1. The summed E-state index contributed by atoms with van der Waals surface area (Å²) in [6, 6.07) is 7.32. The van der Waals surface area contributed by atoms with Gasteiger partial charge in [0.25, 0.3) is 11.5 Å². The molecule has 29 heavy (non-hydrogen) atoms. The van der Waals surface area contributed by atoms with Crippen LogP contribution in [0.5, 0.6) is 0 Å². The fourth-order valence-corrected chi connectivity index (χ4v) is 4.43. The molecule has 1 atom stereocenters. The largest absolute Gasteiger partial charge is 0.337 e. The minimum atomic E-state index is -0.157. The van der Waals surface area contributed by atoms with E-state index in [1.807, 2.05) is 35.5 Å². The Bertz CT molecular complexity index is 1070. The van der Waals surface area contributed by atoms with Crippen molar-refractivity contribution in [2.75, 3.05) is 13.1 Å². The summed E-state index contributed by atoms with van der Waals surface area (Å²) in [5.74, 6) is 0.920. The Morgan fingerprint density at radius 1 is 1.34 bits per heavy atom. The first kappa shape index (κ1) is 19.6. The average Bonchev–Trinajstić information content (AvgIpc) is 3.37. The summed E-state index contributed by atoms with van der Waals surface area (Å²) in [7, 11) is 1.81. The highest BCUT2D eigenvalue weighted by atomic mass is 32.1. The molecule has 1 aliphatic heterocycles. The van der Waals surface area contributed by atoms with Crippen LogP contribution >= 0.6 is 11.3 Å². The Morgan fingerprint density at radius 2 is 2.17 bits per heavy atom. The third-order valence-corrected chi connectivity index (χ3v) is 6.23. The molecule has 3 aromatic heterocycles. The van der Waals surface area contributed by atoms with Gasteiger partial charge < -0.3 is 9.88 Å². The molecule has 0 saturated carbocycles. The van der Waals surface area contributed by atoms with E-state index in [-0.39, 0.29) is 23.3 Å². The second-order valence-corrected chi connectivity index (χ2v) is 8.76. The van der Waals surface area contributed by atoms with Gasteiger partial charge in [-0.3, -0.25) is 14.3 Å². The molecule has 1 N–H and O–H groups in total. The number of aryl methyl sites for hydroxylation is 1. The molecule has 1 saturated heterocycles. The Balaban J connectivity index is 1.57. The number of aromatic amines is 1. The van der Waals surface area contributed by atoms with E-state index in [1.54, 1.807) is 16.0 Å². The van der Waals surface area contributed by atoms with Gasteiger partial charge in [-0.2, -0.15) is 5.10 Å². The Labute approximate surface area is 173 Å². The molecule has 152 valence electrons. The van der Waals surface area contributed by atoms with Crippen molar-refractivity contribution in [3.05, 3.63) is 57.2 Å². The minimum absolute atomic E-state index is 0.0121. The van der Waals surface area contributed by atoms with E-state index in [4.69, 9.17) is 4.98 Å². The number of thiophene rings is 1. The van der Waals surface area contributed by atoms with Gasteiger partial charge in [-0.25, -0.2) is 4.98 Å². The number of aromatic nitrogens is 4. The minimum Gasteiger partial charge on any atom is -0.337 e. The highest BCUT2D eigenvalue weighted by Crippen LogP contribution is 2.28. The predicted molar refractivity (Wildman–Crippen MR) is 113 cm³/mol. The lowest BCUT2D eigenvalue weighted by atomic mass is 9.96. The quantitative estimate of drug-likeness (QED) is 0.713. The van der Waals surface area contributed by atoms with E-state index in [9.17, 15) is 9.59 Å². The molecule has 8 heteroatoms. The normalized spacial score (nSPS) is 17.1. The van der Waals surface area contributed by atoms with Crippen LogP contribution in [0.25, 0.3) is 10.6 Å². The van der Waals surface area contributed by atoms with Crippen molar-refractivity contribution in [1.82, 2.24) is 24.6 Å². The first-order valence-electron chi connectivity index (χ1n) is 9.90. The first-order valence-corrected chi connectivity index (χ1v) is 10.8. The number of nitrogens with zero attached hydrogens (tertiary/aromatic N) is 4. The van der Waals surface area contributed by atoms with Gasteiger partial charge in [0.15, 0.2) is 0 Å². The number of H-pyrrole nitrogens is 1. The Morgan fingerprint density at radius 3 is 2.86 bits per heavy atom. The maximum Gasteiger partial charge on any atom is 0.272 e. The summed E-state index contributed by atoms with van der Waals surface area (Å²) in [6.07, 6.45) is 1.77. The lowest BCUT2D eigenvalue weighted by Crippen LogP contribution is -2.40. The summed E-state index contributed by atoms with van der Waals surface area (Å²) in [5, 5.41) is 6.44. The summed E-state index contributed by atoms with van der Waals surface area (Å²) in [5.41, 5.74) is 2.05. The maximum atomic E-state index is 13.1. The number of piperidine rings is 1. The molecule has 0 bridgehead atoms. The second-order valence-electron chi connectivity index (χ2n) is 7.82. The van der Waals surface area contributed by atoms with Gasteiger partial charge in [0.1, 0.15) is 11.5 Å². The molecular formula is C21H25N5O2S. The van der Waals surface area contributed by atoms with Gasteiger partial charge in [0.2, 0.25) is 0 Å². The first-order chi connectivity index (χ1) is 13.9. The van der Waals surface area contributed by atoms with E-state index in [1.165, 1.54) is 6.07 Å². The molecule has 0 aliphatic carbocycles. The monoisotopic (exact) mass is 411 g/mol. The van der Waals surface area contributed by atoms with Crippen molar-refractivity contribution < 1.29 is 4.79 Å². The fraction of sp³-hybridized carbons (Fsp3) is 0.429. The van der Waals surface area contributed by atoms with E-state index >= 15 is 0 Å². The molecule has 0 spiro atoms. The Hall–Kier alpha value is -2.74. The SMILES string of the molecule is CC(C)c1cc(C(=O)N2CCC[C@@H](c3nc(-c4cccs4)cc(=O)[nH]3)C2)n(C)n1. The number of rotatable bonds is 4. The zero-order chi connectivity index (χ0) is 20.5. The van der Waals surface area contributed by atoms with Gasteiger partial charge in [0.05, 0.1) is 16.3 Å². The molecule has 1 fully saturated rings. The molecule has 4 rings (SSSR count). The summed E-state index contributed by atoms with van der Waals surface area (Å²) in [4.78, 5) is 35.8. The van der Waals surface area contributed by atoms with Crippen LogP contribution in [-0.2, 0) is 7.05 Å². The predicted octanol–water partition coefficient (Wildman–Crippen LogP) is 3.38. The van der Waals surface area contributed by atoms with Crippen molar-refractivity contribution in [2.45, 2.75) is 38.5 Å². The van der Waals surface area contributed by atoms with Crippen LogP contribution < -0.4 is 5.56 Å². The van der Waals surface area contributed by atoms with Gasteiger partial charge in [-0.15, -0.1) is 11.3 Å². The number of carbonyl (C=O) groups is 1. The van der Waals surface area contributed by atoms with Crippen LogP contribution in [0, 0.1) is 0 Å². The zero-order valence-corrected chi connectivity index (χ0v) is 17.7. The molecule has 7 nitrogen and oxygen atoms in total. The van der Waals surface area contributed by atoms with Gasteiger partial charge >= 0.3 is 0 Å². The van der Waals surface area contributed by atoms with Crippen LogP contribution in [0.3, 0.4) is 0 Å². The highest BCUT2D eigenvalue weighted by molar-refractivity contribution is 7.13. The fourth-order valence-electron chi connectivity index (χ4n) is 3.74. The number of hydrogen-bond donors (Lipinski definition) is 1. The average molecular weight is 412 g/mol.